The van der Waals surface area contributed by atoms with Gasteiger partial charge in [-0.25, -0.2) is 5.48 Å². The van der Waals surface area contributed by atoms with Crippen LogP contribution in [0.4, 0.5) is 0 Å². The summed E-state index contributed by atoms with van der Waals surface area (Å²) in [5, 5.41) is 12.5. The number of amides is 1. The van der Waals surface area contributed by atoms with Crippen molar-refractivity contribution in [2.75, 3.05) is 0 Å². The largest absolute Gasteiger partial charge is 0.296 e. The van der Waals surface area contributed by atoms with Crippen molar-refractivity contribution in [2.24, 2.45) is 7.05 Å². The predicted octanol–water partition coefficient (Wildman–Crippen LogP) is 0.939. The fraction of sp³-hybridized carbons (Fsp3) is 0.0769. The molecule has 0 saturated carbocycles. The summed E-state index contributed by atoms with van der Waals surface area (Å²) in [7, 11) is 1.68. The van der Waals surface area contributed by atoms with E-state index in [0.29, 0.717) is 5.56 Å². The van der Waals surface area contributed by atoms with E-state index in [0.717, 1.165) is 5.56 Å². The van der Waals surface area contributed by atoms with Gasteiger partial charge in [-0.1, -0.05) is 30.0 Å². The third-order valence-corrected chi connectivity index (χ3v) is 2.26. The highest BCUT2D eigenvalue weighted by Gasteiger charge is 2.13. The van der Waals surface area contributed by atoms with E-state index in [9.17, 15) is 4.79 Å². The SMILES string of the molecule is Cn1cc(C#Cc2ccccc2)c(C(=O)NO)n1. The first-order valence-electron chi connectivity index (χ1n) is 5.26. The van der Waals surface area contributed by atoms with E-state index in [-0.39, 0.29) is 5.69 Å². The molecule has 0 aliphatic rings. The van der Waals surface area contributed by atoms with Crippen LogP contribution in [-0.2, 0) is 7.05 Å². The van der Waals surface area contributed by atoms with Crippen molar-refractivity contribution < 1.29 is 10.0 Å². The van der Waals surface area contributed by atoms with Crippen LogP contribution in [0.2, 0.25) is 0 Å². The molecule has 2 rings (SSSR count). The Morgan fingerprint density at radius 3 is 2.72 bits per heavy atom. The molecule has 0 bridgehead atoms. The van der Waals surface area contributed by atoms with Gasteiger partial charge < -0.3 is 0 Å². The zero-order valence-electron chi connectivity index (χ0n) is 9.71. The number of hydroxylamine groups is 1. The minimum Gasteiger partial charge on any atom is -0.288 e. The van der Waals surface area contributed by atoms with Crippen LogP contribution in [-0.4, -0.2) is 20.9 Å². The molecule has 5 nitrogen and oxygen atoms in total. The molecule has 2 N–H and O–H groups in total. The van der Waals surface area contributed by atoms with Crippen molar-refractivity contribution in [1.29, 1.82) is 0 Å². The first-order valence-corrected chi connectivity index (χ1v) is 5.26. The van der Waals surface area contributed by atoms with Crippen LogP contribution < -0.4 is 5.48 Å². The van der Waals surface area contributed by atoms with Gasteiger partial charge in [0.25, 0.3) is 5.91 Å². The summed E-state index contributed by atoms with van der Waals surface area (Å²) in [6, 6.07) is 9.41. The van der Waals surface area contributed by atoms with Gasteiger partial charge in [-0.05, 0) is 12.1 Å². The Hall–Kier alpha value is -2.58. The standard InChI is InChI=1S/C13H11N3O2/c1-16-9-11(12(14-16)13(17)15-18)8-7-10-5-3-2-4-6-10/h2-6,9,18H,1H3,(H,15,17). The number of carbonyl (C=O) groups excluding carboxylic acids is 1. The summed E-state index contributed by atoms with van der Waals surface area (Å²) in [5.74, 6) is 5.12. The number of nitrogens with zero attached hydrogens (tertiary/aromatic N) is 2. The Morgan fingerprint density at radius 1 is 1.33 bits per heavy atom. The number of hydrogen-bond donors (Lipinski definition) is 2. The number of benzene rings is 1. The van der Waals surface area contributed by atoms with Gasteiger partial charge in [-0.2, -0.15) is 5.10 Å². The van der Waals surface area contributed by atoms with Gasteiger partial charge in [0.1, 0.15) is 0 Å². The smallest absolute Gasteiger partial charge is 0.288 e. The minimum absolute atomic E-state index is 0.100. The Morgan fingerprint density at radius 2 is 2.06 bits per heavy atom. The van der Waals surface area contributed by atoms with Gasteiger partial charge in [0, 0.05) is 18.8 Å². The molecular formula is C13H11N3O2. The number of carbonyl (C=O) groups is 1. The lowest BCUT2D eigenvalue weighted by Crippen LogP contribution is -2.20. The average molecular weight is 241 g/mol. The lowest BCUT2D eigenvalue weighted by molar-refractivity contribution is 0.0699. The molecule has 2 aromatic rings. The van der Waals surface area contributed by atoms with E-state index in [2.05, 4.69) is 16.9 Å². The number of rotatable bonds is 1. The Bertz CT molecular complexity index is 621. The number of nitrogens with one attached hydrogen (secondary N) is 1. The van der Waals surface area contributed by atoms with Gasteiger partial charge >= 0.3 is 0 Å². The van der Waals surface area contributed by atoms with E-state index >= 15 is 0 Å². The predicted molar refractivity (Wildman–Crippen MR) is 64.9 cm³/mol. The minimum atomic E-state index is -0.673. The lowest BCUT2D eigenvalue weighted by Gasteiger charge is -1.93. The quantitative estimate of drug-likeness (QED) is 0.443. The van der Waals surface area contributed by atoms with Crippen LogP contribution in [0.1, 0.15) is 21.6 Å². The van der Waals surface area contributed by atoms with Crippen LogP contribution >= 0.6 is 0 Å². The van der Waals surface area contributed by atoms with Crippen LogP contribution in [0.3, 0.4) is 0 Å². The first kappa shape index (κ1) is 11.9. The lowest BCUT2D eigenvalue weighted by atomic mass is 10.2. The van der Waals surface area contributed by atoms with Crippen molar-refractivity contribution in [3.63, 3.8) is 0 Å². The molecule has 0 saturated heterocycles. The van der Waals surface area contributed by atoms with E-state index < -0.39 is 5.91 Å². The van der Waals surface area contributed by atoms with E-state index in [1.54, 1.807) is 18.7 Å². The highest BCUT2D eigenvalue weighted by molar-refractivity contribution is 5.93. The van der Waals surface area contributed by atoms with Crippen molar-refractivity contribution >= 4 is 5.91 Å². The molecule has 5 heteroatoms. The summed E-state index contributed by atoms with van der Waals surface area (Å²) < 4.78 is 1.47. The maximum atomic E-state index is 11.4. The molecule has 0 atom stereocenters. The molecule has 0 fully saturated rings. The maximum absolute atomic E-state index is 11.4. The van der Waals surface area contributed by atoms with E-state index in [1.807, 2.05) is 30.3 Å². The van der Waals surface area contributed by atoms with E-state index in [4.69, 9.17) is 5.21 Å². The zero-order chi connectivity index (χ0) is 13.0. The molecular weight excluding hydrogens is 230 g/mol. The van der Waals surface area contributed by atoms with Crippen LogP contribution in [0, 0.1) is 11.8 Å². The highest BCUT2D eigenvalue weighted by atomic mass is 16.5. The average Bonchev–Trinajstić information content (AvgIpc) is 2.78. The summed E-state index contributed by atoms with van der Waals surface area (Å²) in [4.78, 5) is 11.4. The second-order valence-electron chi connectivity index (χ2n) is 3.62. The third-order valence-electron chi connectivity index (χ3n) is 2.26. The molecule has 0 spiro atoms. The van der Waals surface area contributed by atoms with E-state index in [1.165, 1.54) is 4.68 Å². The van der Waals surface area contributed by atoms with Crippen molar-refractivity contribution in [1.82, 2.24) is 15.3 Å². The summed E-state index contributed by atoms with van der Waals surface area (Å²) in [6.45, 7) is 0. The summed E-state index contributed by atoms with van der Waals surface area (Å²) in [6.07, 6.45) is 1.63. The van der Waals surface area contributed by atoms with Gasteiger partial charge in [0.15, 0.2) is 5.69 Å². The van der Waals surface area contributed by atoms with Crippen LogP contribution in [0.25, 0.3) is 0 Å². The summed E-state index contributed by atoms with van der Waals surface area (Å²) in [5.41, 5.74) is 2.96. The highest BCUT2D eigenvalue weighted by Crippen LogP contribution is 2.05. The zero-order valence-corrected chi connectivity index (χ0v) is 9.71. The second-order valence-corrected chi connectivity index (χ2v) is 3.62. The summed E-state index contributed by atoms with van der Waals surface area (Å²) >= 11 is 0. The van der Waals surface area contributed by atoms with Crippen LogP contribution in [0.15, 0.2) is 36.5 Å². The molecule has 0 aliphatic heterocycles. The topological polar surface area (TPSA) is 67.2 Å². The van der Waals surface area contributed by atoms with Gasteiger partial charge in [-0.15, -0.1) is 0 Å². The Labute approximate surface area is 104 Å². The normalized spacial score (nSPS) is 9.44. The molecule has 18 heavy (non-hydrogen) atoms. The number of aryl methyl sites for hydroxylation is 1. The molecule has 1 aromatic carbocycles. The molecule has 1 amide bonds. The second kappa shape index (κ2) is 5.17. The molecule has 0 radical (unpaired) electrons. The molecule has 0 unspecified atom stereocenters. The van der Waals surface area contributed by atoms with Crippen LogP contribution in [0.5, 0.6) is 0 Å². The molecule has 1 aromatic heterocycles. The maximum Gasteiger partial charge on any atom is 0.296 e. The van der Waals surface area contributed by atoms with Gasteiger partial charge in [-0.3, -0.25) is 14.7 Å². The Kier molecular flexibility index (Phi) is 3.41. The van der Waals surface area contributed by atoms with Crippen molar-refractivity contribution in [3.8, 4) is 11.8 Å². The first-order chi connectivity index (χ1) is 8.70. The third kappa shape index (κ3) is 2.56. The number of hydrogen-bond acceptors (Lipinski definition) is 3. The Balaban J connectivity index is 2.35. The molecule has 90 valence electrons. The fourth-order valence-electron chi connectivity index (χ4n) is 1.46. The molecule has 1 heterocycles. The fourth-order valence-corrected chi connectivity index (χ4v) is 1.46. The van der Waals surface area contributed by atoms with Crippen molar-refractivity contribution in [2.45, 2.75) is 0 Å². The van der Waals surface area contributed by atoms with Gasteiger partial charge in [0.2, 0.25) is 0 Å². The van der Waals surface area contributed by atoms with Gasteiger partial charge in [0.05, 0.1) is 5.56 Å². The number of aromatic nitrogens is 2. The monoisotopic (exact) mass is 241 g/mol. The van der Waals surface area contributed by atoms with Crippen molar-refractivity contribution in [3.05, 3.63) is 53.3 Å². The molecule has 0 aliphatic carbocycles.